The number of nitrogens with two attached hydrogens (primary N) is 1. The molecule has 3 aromatic heterocycles. The Bertz CT molecular complexity index is 1890. The van der Waals surface area contributed by atoms with E-state index in [0.717, 1.165) is 31.2 Å². The van der Waals surface area contributed by atoms with Crippen molar-refractivity contribution in [3.05, 3.63) is 96.1 Å². The number of aliphatic hydroxyl groups excluding tert-OH is 2. The molecule has 2 fully saturated rings. The number of aliphatic hydroxyl groups is 2. The quantitative estimate of drug-likeness (QED) is 0.123. The van der Waals surface area contributed by atoms with Crippen molar-refractivity contribution in [2.45, 2.75) is 87.5 Å². The van der Waals surface area contributed by atoms with Crippen molar-refractivity contribution in [2.24, 2.45) is 5.73 Å². The summed E-state index contributed by atoms with van der Waals surface area (Å²) < 4.78 is 35.4. The van der Waals surface area contributed by atoms with Crippen LogP contribution in [0.5, 0.6) is 0 Å². The number of nitrogens with one attached hydrogen (secondary N) is 2. The molecular weight excluding hydrogens is 679 g/mol. The maximum atomic E-state index is 11.3. The molecule has 16 heteroatoms. The average Bonchev–Trinajstić information content (AvgIpc) is 3.83. The number of nitrogens with zero attached hydrogens (tertiary/aromatic N) is 6. The number of aryl methyl sites for hydroxylation is 1. The summed E-state index contributed by atoms with van der Waals surface area (Å²) in [5.74, 6) is -1.54. The fraction of sp³-hybridized carbons (Fsp3) is 0.417. The van der Waals surface area contributed by atoms with E-state index in [9.17, 15) is 23.4 Å². The Balaban J connectivity index is 0.000000604. The molecule has 52 heavy (non-hydrogen) atoms. The van der Waals surface area contributed by atoms with E-state index in [4.69, 9.17) is 30.6 Å². The second-order valence-electron chi connectivity index (χ2n) is 13.4. The van der Waals surface area contributed by atoms with Gasteiger partial charge in [-0.3, -0.25) is 4.68 Å². The first kappa shape index (κ1) is 36.7. The van der Waals surface area contributed by atoms with Gasteiger partial charge in [-0.15, -0.1) is 0 Å². The molecule has 2 aliphatic carbocycles. The lowest BCUT2D eigenvalue weighted by Crippen LogP contribution is -2.33. The largest absolute Gasteiger partial charge is 0.490 e. The van der Waals surface area contributed by atoms with E-state index >= 15 is 0 Å². The number of carbonyl (C=O) groups is 1. The number of halogens is 3. The van der Waals surface area contributed by atoms with Crippen LogP contribution in [-0.4, -0.2) is 87.6 Å². The van der Waals surface area contributed by atoms with E-state index in [-0.39, 0.29) is 24.0 Å². The van der Waals surface area contributed by atoms with Crippen LogP contribution < -0.4 is 16.4 Å². The molecule has 2 aliphatic rings. The van der Waals surface area contributed by atoms with Gasteiger partial charge in [0, 0.05) is 30.7 Å². The lowest BCUT2D eigenvalue weighted by atomic mass is 9.91. The van der Waals surface area contributed by atoms with Gasteiger partial charge in [0.25, 0.3) is 0 Å². The van der Waals surface area contributed by atoms with Crippen molar-refractivity contribution in [3.63, 3.8) is 0 Å². The van der Waals surface area contributed by atoms with Gasteiger partial charge in [-0.2, -0.15) is 28.2 Å². The van der Waals surface area contributed by atoms with Gasteiger partial charge in [-0.25, -0.2) is 9.78 Å². The average molecular weight is 722 g/mol. The molecule has 0 radical (unpaired) electrons. The molecule has 0 saturated heterocycles. The number of aliphatic carboxylic acids is 1. The minimum Gasteiger partial charge on any atom is -0.475 e. The third-order valence-corrected chi connectivity index (χ3v) is 9.70. The van der Waals surface area contributed by atoms with Crippen LogP contribution in [0.1, 0.15) is 66.8 Å². The van der Waals surface area contributed by atoms with Gasteiger partial charge in [0.05, 0.1) is 24.6 Å². The highest BCUT2D eigenvalue weighted by Crippen LogP contribution is 2.40. The molecule has 7 rings (SSSR count). The third kappa shape index (κ3) is 8.35. The molecule has 2 aromatic carbocycles. The van der Waals surface area contributed by atoms with Crippen LogP contribution in [0.25, 0.3) is 11.2 Å². The van der Waals surface area contributed by atoms with Crippen LogP contribution in [0.4, 0.5) is 24.9 Å². The smallest absolute Gasteiger partial charge is 0.475 e. The lowest BCUT2D eigenvalue weighted by molar-refractivity contribution is -0.192. The number of fused-ring (bicyclic) bond motifs is 1. The van der Waals surface area contributed by atoms with Crippen molar-refractivity contribution >= 4 is 28.9 Å². The summed E-state index contributed by atoms with van der Waals surface area (Å²) >= 11 is 0. The molecule has 7 N–H and O–H groups in total. The normalized spacial score (nSPS) is 23.3. The van der Waals surface area contributed by atoms with Crippen molar-refractivity contribution in [2.75, 3.05) is 17.2 Å². The number of rotatable bonds is 9. The molecule has 4 atom stereocenters. The molecule has 2 saturated carbocycles. The van der Waals surface area contributed by atoms with Gasteiger partial charge >= 0.3 is 12.1 Å². The summed E-state index contributed by atoms with van der Waals surface area (Å²) in [4.78, 5) is 23.6. The lowest BCUT2D eigenvalue weighted by Gasteiger charge is -2.27. The summed E-state index contributed by atoms with van der Waals surface area (Å²) in [7, 11) is 0. The molecule has 0 amide bonds. The number of aromatic nitrogens is 6. The topological polar surface area (TPSA) is 189 Å². The maximum absolute atomic E-state index is 11.3. The Morgan fingerprint density at radius 3 is 2.12 bits per heavy atom. The Morgan fingerprint density at radius 1 is 0.962 bits per heavy atom. The highest BCUT2D eigenvalue weighted by molar-refractivity contribution is 5.84. The second kappa shape index (κ2) is 15.7. The van der Waals surface area contributed by atoms with E-state index < -0.39 is 30.4 Å². The Morgan fingerprint density at radius 2 is 1.56 bits per heavy atom. The van der Waals surface area contributed by atoms with Crippen LogP contribution in [0.15, 0.2) is 79.4 Å². The summed E-state index contributed by atoms with van der Waals surface area (Å²) in [5, 5.41) is 41.0. The standard InChI is InChI=1S/C34H41N9O2.C2HF3O2/c1-21-17-38-43(19-21)28-16-27(30(44)31(28)45)42-20-37-29-32(40-34(41-33(29)42)39-25-14-12-24(35)13-15-25)36-18-26(22-8-4-2-5-9-22)23-10-6-3-7-11-23;3-2(4,5)1(6)7/h2-11,17,19-20,24-28,30-31,44-45H,12-16,18,35H2,1H3,(H2,36,39,40,41);(H,6,7)/t24?,25?,27?,28?,30-,31+;/m0./s1. The Labute approximate surface area is 297 Å². The van der Waals surface area contributed by atoms with Crippen LogP contribution in [0, 0.1) is 6.92 Å². The second-order valence-corrected chi connectivity index (χ2v) is 13.4. The number of imidazole rings is 1. The number of alkyl halides is 3. The number of benzene rings is 2. The third-order valence-electron chi connectivity index (χ3n) is 9.70. The number of carboxylic acid groups (broad SMARTS) is 1. The van der Waals surface area contributed by atoms with Crippen molar-refractivity contribution < 1.29 is 33.3 Å². The first-order chi connectivity index (χ1) is 24.9. The fourth-order valence-corrected chi connectivity index (χ4v) is 6.93. The Hall–Kier alpha value is -5.06. The van der Waals surface area contributed by atoms with Gasteiger partial charge in [0.15, 0.2) is 17.0 Å². The van der Waals surface area contributed by atoms with E-state index in [1.165, 1.54) is 11.1 Å². The van der Waals surface area contributed by atoms with E-state index in [2.05, 4.69) is 64.3 Å². The monoisotopic (exact) mass is 721 g/mol. The molecule has 13 nitrogen and oxygen atoms in total. The van der Waals surface area contributed by atoms with Crippen LogP contribution in [0.2, 0.25) is 0 Å². The summed E-state index contributed by atoms with van der Waals surface area (Å²) in [6.45, 7) is 2.55. The number of anilines is 2. The molecule has 2 unspecified atom stereocenters. The zero-order valence-electron chi connectivity index (χ0n) is 28.4. The zero-order valence-corrected chi connectivity index (χ0v) is 28.4. The number of hydrogen-bond donors (Lipinski definition) is 6. The predicted octanol–water partition coefficient (Wildman–Crippen LogP) is 4.80. The van der Waals surface area contributed by atoms with Gasteiger partial charge in [0.1, 0.15) is 12.2 Å². The van der Waals surface area contributed by atoms with Crippen molar-refractivity contribution in [3.8, 4) is 0 Å². The first-order valence-electron chi connectivity index (χ1n) is 17.2. The van der Waals surface area contributed by atoms with Crippen LogP contribution >= 0.6 is 0 Å². The number of carboxylic acids is 1. The minimum atomic E-state index is -5.08. The highest BCUT2D eigenvalue weighted by Gasteiger charge is 2.44. The first-order valence-corrected chi connectivity index (χ1v) is 17.2. The van der Waals surface area contributed by atoms with E-state index in [1.807, 2.05) is 29.8 Å². The SMILES string of the molecule is Cc1cnn(C2CC(n3cnc4c(NCC(c5ccccc5)c5ccccc5)nc(NC5CCC(N)CC5)nc43)[C@H](O)[C@@H]2O)c1.O=C(O)C(F)(F)F. The van der Waals surface area contributed by atoms with Crippen molar-refractivity contribution in [1.29, 1.82) is 0 Å². The summed E-state index contributed by atoms with van der Waals surface area (Å²) in [5.41, 5.74) is 10.8. The highest BCUT2D eigenvalue weighted by atomic mass is 19.4. The molecule has 5 aromatic rings. The maximum Gasteiger partial charge on any atom is 0.490 e. The van der Waals surface area contributed by atoms with Gasteiger partial charge in [0.2, 0.25) is 5.95 Å². The molecule has 0 spiro atoms. The van der Waals surface area contributed by atoms with Gasteiger partial charge in [-0.05, 0) is 55.7 Å². The summed E-state index contributed by atoms with van der Waals surface area (Å²) in [6, 6.07) is 20.6. The van der Waals surface area contributed by atoms with E-state index in [1.54, 1.807) is 17.2 Å². The minimum absolute atomic E-state index is 0.0841. The van der Waals surface area contributed by atoms with Crippen molar-refractivity contribution in [1.82, 2.24) is 29.3 Å². The van der Waals surface area contributed by atoms with Crippen LogP contribution in [-0.2, 0) is 4.79 Å². The van der Waals surface area contributed by atoms with Gasteiger partial charge in [-0.1, -0.05) is 60.7 Å². The molecule has 0 bridgehead atoms. The fourth-order valence-electron chi connectivity index (χ4n) is 6.93. The van der Waals surface area contributed by atoms with Crippen LogP contribution in [0.3, 0.4) is 0 Å². The van der Waals surface area contributed by atoms with E-state index in [0.29, 0.717) is 35.9 Å². The summed E-state index contributed by atoms with van der Waals surface area (Å²) in [6.07, 6.45) is 2.59. The van der Waals surface area contributed by atoms with Gasteiger partial charge < -0.3 is 36.3 Å². The predicted molar refractivity (Wildman–Crippen MR) is 188 cm³/mol. The molecule has 0 aliphatic heterocycles. The molecule has 276 valence electrons. The number of hydrogen-bond acceptors (Lipinski definition) is 10. The zero-order chi connectivity index (χ0) is 37.0. The Kier molecular flexibility index (Phi) is 11.1. The molecule has 3 heterocycles. The molecular formula is C36H42F3N9O4.